The van der Waals surface area contributed by atoms with Crippen molar-refractivity contribution in [3.63, 3.8) is 0 Å². The molecule has 6 heteroatoms. The third-order valence-electron chi connectivity index (χ3n) is 5.73. The highest BCUT2D eigenvalue weighted by Crippen LogP contribution is 2.39. The zero-order chi connectivity index (χ0) is 21.0. The lowest BCUT2D eigenvalue weighted by atomic mass is 9.88. The second kappa shape index (κ2) is 8.88. The zero-order valence-electron chi connectivity index (χ0n) is 17.4. The number of anilines is 1. The number of pyridine rings is 1. The van der Waals surface area contributed by atoms with Gasteiger partial charge in [0.15, 0.2) is 5.11 Å². The molecule has 4 rings (SSSR count). The van der Waals surface area contributed by atoms with Crippen LogP contribution in [0.25, 0.3) is 10.9 Å². The maximum absolute atomic E-state index is 5.74. The van der Waals surface area contributed by atoms with Gasteiger partial charge in [0.05, 0.1) is 19.3 Å². The third kappa shape index (κ3) is 4.05. The van der Waals surface area contributed by atoms with Gasteiger partial charge in [0.25, 0.3) is 0 Å². The highest BCUT2D eigenvalue weighted by molar-refractivity contribution is 7.80. The van der Waals surface area contributed by atoms with E-state index in [1.807, 2.05) is 43.3 Å². The van der Waals surface area contributed by atoms with Crippen molar-refractivity contribution < 1.29 is 9.47 Å². The molecule has 5 nitrogen and oxygen atoms in total. The van der Waals surface area contributed by atoms with E-state index in [0.717, 1.165) is 40.9 Å². The van der Waals surface area contributed by atoms with Gasteiger partial charge < -0.3 is 20.1 Å². The number of hydrogen-bond donors (Lipinski definition) is 2. The lowest BCUT2D eigenvalue weighted by molar-refractivity contribution is 0.339. The van der Waals surface area contributed by atoms with E-state index in [2.05, 4.69) is 27.8 Å². The predicted octanol–water partition coefficient (Wildman–Crippen LogP) is 5.40. The number of hydrogen-bond acceptors (Lipinski definition) is 4. The van der Waals surface area contributed by atoms with Gasteiger partial charge in [-0.2, -0.15) is 0 Å². The van der Waals surface area contributed by atoms with Gasteiger partial charge in [0, 0.05) is 17.3 Å². The van der Waals surface area contributed by atoms with Crippen LogP contribution >= 0.6 is 12.2 Å². The second-order valence-corrected chi connectivity index (χ2v) is 7.95. The first-order valence-corrected chi connectivity index (χ1v) is 10.8. The quantitative estimate of drug-likeness (QED) is 0.520. The number of aromatic nitrogens is 1. The molecule has 1 aliphatic rings. The van der Waals surface area contributed by atoms with Gasteiger partial charge in [0.2, 0.25) is 0 Å². The maximum atomic E-state index is 5.74. The summed E-state index contributed by atoms with van der Waals surface area (Å²) in [6.45, 7) is 2.66. The van der Waals surface area contributed by atoms with E-state index in [1.54, 1.807) is 13.3 Å². The fraction of sp³-hybridized carbons (Fsp3) is 0.333. The summed E-state index contributed by atoms with van der Waals surface area (Å²) in [7, 11) is 1.66. The Kier molecular flexibility index (Phi) is 6.04. The lowest BCUT2D eigenvalue weighted by Gasteiger charge is -2.32. The Bertz CT molecular complexity index is 1030. The predicted molar refractivity (Wildman–Crippen MR) is 125 cm³/mol. The first kappa shape index (κ1) is 20.4. The van der Waals surface area contributed by atoms with Crippen LogP contribution in [-0.2, 0) is 5.54 Å². The van der Waals surface area contributed by atoms with E-state index >= 15 is 0 Å². The molecule has 0 aliphatic heterocycles. The molecule has 0 radical (unpaired) electrons. The third-order valence-corrected chi connectivity index (χ3v) is 5.93. The number of rotatable bonds is 6. The summed E-state index contributed by atoms with van der Waals surface area (Å²) in [5.41, 5.74) is 2.81. The Morgan fingerprint density at radius 2 is 1.87 bits per heavy atom. The number of benzene rings is 2. The Morgan fingerprint density at radius 1 is 1.10 bits per heavy atom. The normalized spacial score (nSPS) is 15.0. The van der Waals surface area contributed by atoms with E-state index in [1.165, 1.54) is 18.4 Å². The molecule has 2 aromatic carbocycles. The molecule has 0 bridgehead atoms. The molecule has 1 aromatic heterocycles. The molecule has 3 aromatic rings. The van der Waals surface area contributed by atoms with Crippen molar-refractivity contribution in [3.05, 3.63) is 60.3 Å². The number of thiocarbonyl (C=S) groups is 1. The van der Waals surface area contributed by atoms with Crippen LogP contribution < -0.4 is 20.1 Å². The summed E-state index contributed by atoms with van der Waals surface area (Å²) < 4.78 is 11.0. The van der Waals surface area contributed by atoms with E-state index in [0.29, 0.717) is 11.7 Å². The molecule has 0 amide bonds. The minimum Gasteiger partial charge on any atom is -0.494 e. The van der Waals surface area contributed by atoms with Gasteiger partial charge in [-0.15, -0.1) is 0 Å². The van der Waals surface area contributed by atoms with Crippen molar-refractivity contribution in [1.82, 2.24) is 10.3 Å². The first-order chi connectivity index (χ1) is 14.6. The Morgan fingerprint density at radius 3 is 2.57 bits per heavy atom. The standard InChI is InChI=1S/C24H27N3O2S/c1-3-29-18-10-8-17(9-11-18)24(14-4-5-15-24)27-23(30)26-20-12-13-21(28-2)22-19(20)7-6-16-25-22/h6-13,16H,3-5,14-15H2,1-2H3,(H2,26,27,30). The number of ether oxygens (including phenoxy) is 2. The summed E-state index contributed by atoms with van der Waals surface area (Å²) in [6.07, 6.45) is 6.22. The Balaban J connectivity index is 1.57. The van der Waals surface area contributed by atoms with Gasteiger partial charge in [0.1, 0.15) is 17.0 Å². The molecule has 0 spiro atoms. The summed E-state index contributed by atoms with van der Waals surface area (Å²) in [4.78, 5) is 4.47. The molecule has 1 saturated carbocycles. The lowest BCUT2D eigenvalue weighted by Crippen LogP contribution is -2.45. The Labute approximate surface area is 182 Å². The minimum atomic E-state index is -0.157. The van der Waals surface area contributed by atoms with Crippen molar-refractivity contribution in [1.29, 1.82) is 0 Å². The van der Waals surface area contributed by atoms with E-state index in [9.17, 15) is 0 Å². The van der Waals surface area contributed by atoms with Crippen LogP contribution in [0, 0.1) is 0 Å². The van der Waals surface area contributed by atoms with Crippen LogP contribution in [-0.4, -0.2) is 23.8 Å². The van der Waals surface area contributed by atoms with Gasteiger partial charge >= 0.3 is 0 Å². The summed E-state index contributed by atoms with van der Waals surface area (Å²) >= 11 is 5.74. The number of nitrogens with zero attached hydrogens (tertiary/aromatic N) is 1. The largest absolute Gasteiger partial charge is 0.494 e. The minimum absolute atomic E-state index is 0.157. The zero-order valence-corrected chi connectivity index (χ0v) is 18.2. The maximum Gasteiger partial charge on any atom is 0.171 e. The molecule has 0 atom stereocenters. The number of nitrogens with one attached hydrogen (secondary N) is 2. The molecule has 1 heterocycles. The summed E-state index contributed by atoms with van der Waals surface area (Å²) in [5.74, 6) is 1.64. The van der Waals surface area contributed by atoms with Crippen molar-refractivity contribution in [2.24, 2.45) is 0 Å². The fourth-order valence-corrected chi connectivity index (χ4v) is 4.60. The first-order valence-electron chi connectivity index (χ1n) is 10.4. The molecule has 156 valence electrons. The van der Waals surface area contributed by atoms with Crippen molar-refractivity contribution in [3.8, 4) is 11.5 Å². The van der Waals surface area contributed by atoms with Crippen molar-refractivity contribution >= 4 is 33.9 Å². The molecule has 1 aliphatic carbocycles. The van der Waals surface area contributed by atoms with Gasteiger partial charge in [-0.05, 0) is 73.9 Å². The average molecular weight is 422 g/mol. The highest BCUT2D eigenvalue weighted by Gasteiger charge is 2.36. The number of fused-ring (bicyclic) bond motifs is 1. The average Bonchev–Trinajstić information content (AvgIpc) is 3.24. The van der Waals surface area contributed by atoms with Crippen LogP contribution in [0.2, 0.25) is 0 Å². The second-order valence-electron chi connectivity index (χ2n) is 7.54. The van der Waals surface area contributed by atoms with E-state index in [4.69, 9.17) is 21.7 Å². The van der Waals surface area contributed by atoms with Crippen LogP contribution in [0.3, 0.4) is 0 Å². The Hall–Kier alpha value is -2.86. The topological polar surface area (TPSA) is 55.4 Å². The fourth-order valence-electron chi connectivity index (χ4n) is 4.29. The summed E-state index contributed by atoms with van der Waals surface area (Å²) in [5, 5.41) is 8.61. The molecule has 1 fully saturated rings. The molecule has 2 N–H and O–H groups in total. The van der Waals surface area contributed by atoms with Crippen LogP contribution in [0.5, 0.6) is 11.5 Å². The molecule has 0 unspecified atom stereocenters. The van der Waals surface area contributed by atoms with Gasteiger partial charge in [-0.3, -0.25) is 4.98 Å². The van der Waals surface area contributed by atoms with Gasteiger partial charge in [-0.25, -0.2) is 0 Å². The van der Waals surface area contributed by atoms with Crippen LogP contribution in [0.4, 0.5) is 5.69 Å². The highest BCUT2D eigenvalue weighted by atomic mass is 32.1. The van der Waals surface area contributed by atoms with E-state index < -0.39 is 0 Å². The van der Waals surface area contributed by atoms with Crippen molar-refractivity contribution in [2.45, 2.75) is 38.1 Å². The van der Waals surface area contributed by atoms with Crippen LogP contribution in [0.15, 0.2) is 54.7 Å². The molecule has 0 saturated heterocycles. The van der Waals surface area contributed by atoms with Crippen molar-refractivity contribution in [2.75, 3.05) is 19.0 Å². The molecular formula is C24H27N3O2S. The summed E-state index contributed by atoms with van der Waals surface area (Å²) in [6, 6.07) is 16.2. The van der Waals surface area contributed by atoms with Gasteiger partial charge in [-0.1, -0.05) is 25.0 Å². The van der Waals surface area contributed by atoms with Crippen LogP contribution in [0.1, 0.15) is 38.2 Å². The smallest absolute Gasteiger partial charge is 0.171 e. The monoisotopic (exact) mass is 421 g/mol. The molecule has 30 heavy (non-hydrogen) atoms. The SMILES string of the molecule is CCOc1ccc(C2(NC(=S)Nc3ccc(OC)c4ncccc34)CCCC2)cc1. The number of methoxy groups -OCH3 is 1. The van der Waals surface area contributed by atoms with E-state index in [-0.39, 0.29) is 5.54 Å². The molecular weight excluding hydrogens is 394 g/mol.